The van der Waals surface area contributed by atoms with Crippen LogP contribution in [0.4, 0.5) is 14.5 Å². The number of hydrogen-bond donors (Lipinski definition) is 2. The number of nitrogens with one attached hydrogen (secondary N) is 2. The lowest BCUT2D eigenvalue weighted by atomic mass is 10.1. The van der Waals surface area contributed by atoms with Gasteiger partial charge in [0.15, 0.2) is 5.16 Å². The summed E-state index contributed by atoms with van der Waals surface area (Å²) < 4.78 is 31.2. The van der Waals surface area contributed by atoms with Crippen LogP contribution in [0, 0.1) is 0 Å². The van der Waals surface area contributed by atoms with Crippen LogP contribution >= 0.6 is 11.8 Å². The Morgan fingerprint density at radius 3 is 2.58 bits per heavy atom. The number of imidazole rings is 1. The molecule has 0 fully saturated rings. The van der Waals surface area contributed by atoms with Crippen molar-refractivity contribution in [3.05, 3.63) is 72.1 Å². The molecular weight excluding hydrogens is 426 g/mol. The van der Waals surface area contributed by atoms with E-state index >= 15 is 0 Å². The molecule has 10 heteroatoms. The number of carbonyl (C=O) groups excluding carboxylic acids is 2. The average Bonchev–Trinajstić information content (AvgIpc) is 3.16. The molecule has 0 radical (unpaired) electrons. The minimum atomic E-state index is -2.94. The summed E-state index contributed by atoms with van der Waals surface area (Å²) in [6, 6.07) is 12.6. The number of para-hydroxylation sites is 1. The number of aryl methyl sites for hydroxylation is 1. The molecule has 0 aliphatic heterocycles. The smallest absolute Gasteiger partial charge is 0.387 e. The highest BCUT2D eigenvalue weighted by Gasteiger charge is 2.12. The first-order valence-electron chi connectivity index (χ1n) is 9.23. The Hall–Kier alpha value is -3.40. The van der Waals surface area contributed by atoms with Crippen LogP contribution in [0.5, 0.6) is 5.75 Å². The summed E-state index contributed by atoms with van der Waals surface area (Å²) in [5.74, 6) is -0.358. The maximum atomic E-state index is 12.5. The molecule has 3 aromatic rings. The fraction of sp³-hybridized carbons (Fsp3) is 0.190. The standard InChI is InChI=1S/C21H20F2N4O3S/c1-27-11-10-24-21(27)31-13-18(28)26-16-8-6-14(7-9-16)19(29)25-12-15-4-2-3-5-17(15)30-20(22)23/h2-11,20H,12-13H2,1H3,(H,25,29)(H,26,28). The van der Waals surface area contributed by atoms with E-state index in [-0.39, 0.29) is 29.9 Å². The molecule has 0 aliphatic carbocycles. The lowest BCUT2D eigenvalue weighted by molar-refractivity contribution is -0.113. The highest BCUT2D eigenvalue weighted by Crippen LogP contribution is 2.20. The minimum Gasteiger partial charge on any atom is -0.434 e. The highest BCUT2D eigenvalue weighted by atomic mass is 32.2. The van der Waals surface area contributed by atoms with Crippen molar-refractivity contribution < 1.29 is 23.1 Å². The summed E-state index contributed by atoms with van der Waals surface area (Å²) >= 11 is 1.32. The van der Waals surface area contributed by atoms with Gasteiger partial charge < -0.3 is 19.9 Å². The molecule has 2 N–H and O–H groups in total. The summed E-state index contributed by atoms with van der Waals surface area (Å²) in [4.78, 5) is 28.6. The van der Waals surface area contributed by atoms with Gasteiger partial charge in [0.05, 0.1) is 5.75 Å². The van der Waals surface area contributed by atoms with Crippen LogP contribution in [0.25, 0.3) is 0 Å². The van der Waals surface area contributed by atoms with Gasteiger partial charge in [0.25, 0.3) is 5.91 Å². The zero-order valence-electron chi connectivity index (χ0n) is 16.5. The van der Waals surface area contributed by atoms with Crippen molar-refractivity contribution in [1.29, 1.82) is 0 Å². The number of carbonyl (C=O) groups is 2. The van der Waals surface area contributed by atoms with E-state index in [2.05, 4.69) is 20.4 Å². The Labute approximate surface area is 181 Å². The molecule has 31 heavy (non-hydrogen) atoms. The molecule has 1 aromatic heterocycles. The number of alkyl halides is 2. The van der Waals surface area contributed by atoms with E-state index in [1.54, 1.807) is 54.9 Å². The van der Waals surface area contributed by atoms with E-state index in [4.69, 9.17) is 0 Å². The summed E-state index contributed by atoms with van der Waals surface area (Å²) in [5, 5.41) is 6.16. The molecule has 0 unspecified atom stereocenters. The Balaban J connectivity index is 1.51. The second kappa shape index (κ2) is 10.6. The zero-order chi connectivity index (χ0) is 22.2. The number of rotatable bonds is 9. The number of thioether (sulfide) groups is 1. The number of amides is 2. The summed E-state index contributed by atoms with van der Waals surface area (Å²) in [6.45, 7) is -2.91. The van der Waals surface area contributed by atoms with Gasteiger partial charge in [-0.3, -0.25) is 9.59 Å². The first-order chi connectivity index (χ1) is 14.9. The Morgan fingerprint density at radius 1 is 1.16 bits per heavy atom. The molecule has 2 aromatic carbocycles. The minimum absolute atomic E-state index is 0.0132. The zero-order valence-corrected chi connectivity index (χ0v) is 17.4. The maximum absolute atomic E-state index is 12.5. The first-order valence-corrected chi connectivity index (χ1v) is 10.2. The quantitative estimate of drug-likeness (QED) is 0.490. The normalized spacial score (nSPS) is 10.7. The van der Waals surface area contributed by atoms with Gasteiger partial charge in [-0.1, -0.05) is 30.0 Å². The Morgan fingerprint density at radius 2 is 1.90 bits per heavy atom. The fourth-order valence-electron chi connectivity index (χ4n) is 2.66. The van der Waals surface area contributed by atoms with E-state index in [9.17, 15) is 18.4 Å². The molecule has 2 amide bonds. The molecular formula is C21H20F2N4O3S. The van der Waals surface area contributed by atoms with Gasteiger partial charge in [0, 0.05) is 42.8 Å². The summed E-state index contributed by atoms with van der Waals surface area (Å²) in [5.41, 5.74) is 1.36. The van der Waals surface area contributed by atoms with Crippen molar-refractivity contribution in [2.45, 2.75) is 18.3 Å². The number of benzene rings is 2. The molecule has 162 valence electrons. The van der Waals surface area contributed by atoms with Crippen LogP contribution < -0.4 is 15.4 Å². The molecule has 7 nitrogen and oxygen atoms in total. The van der Waals surface area contributed by atoms with Crippen LogP contribution in [0.1, 0.15) is 15.9 Å². The van der Waals surface area contributed by atoms with Gasteiger partial charge >= 0.3 is 6.61 Å². The molecule has 3 rings (SSSR count). The van der Waals surface area contributed by atoms with E-state index < -0.39 is 6.61 Å². The average molecular weight is 446 g/mol. The Kier molecular flexibility index (Phi) is 7.60. The van der Waals surface area contributed by atoms with Crippen molar-refractivity contribution in [2.24, 2.45) is 7.05 Å². The lowest BCUT2D eigenvalue weighted by Gasteiger charge is -2.11. The van der Waals surface area contributed by atoms with Crippen molar-refractivity contribution in [3.8, 4) is 5.75 Å². The molecule has 0 bridgehead atoms. The van der Waals surface area contributed by atoms with Gasteiger partial charge in [0.1, 0.15) is 5.75 Å². The lowest BCUT2D eigenvalue weighted by Crippen LogP contribution is -2.23. The van der Waals surface area contributed by atoms with Gasteiger partial charge in [0.2, 0.25) is 5.91 Å². The molecule has 0 spiro atoms. The van der Waals surface area contributed by atoms with Crippen molar-refractivity contribution in [3.63, 3.8) is 0 Å². The van der Waals surface area contributed by atoms with Gasteiger partial charge in [-0.15, -0.1) is 0 Å². The van der Waals surface area contributed by atoms with E-state index in [1.807, 2.05) is 11.6 Å². The molecule has 0 atom stereocenters. The second-order valence-corrected chi connectivity index (χ2v) is 7.35. The predicted octanol–water partition coefficient (Wildman–Crippen LogP) is 3.68. The summed E-state index contributed by atoms with van der Waals surface area (Å²) in [6.07, 6.45) is 3.46. The molecule has 0 saturated carbocycles. The molecule has 1 heterocycles. The van der Waals surface area contributed by atoms with E-state index in [1.165, 1.54) is 17.8 Å². The van der Waals surface area contributed by atoms with Crippen LogP contribution in [0.15, 0.2) is 66.1 Å². The van der Waals surface area contributed by atoms with Crippen LogP contribution in [-0.2, 0) is 18.4 Å². The van der Waals surface area contributed by atoms with Crippen LogP contribution in [0.3, 0.4) is 0 Å². The van der Waals surface area contributed by atoms with Gasteiger partial charge in [-0.05, 0) is 30.3 Å². The fourth-order valence-corrected chi connectivity index (χ4v) is 3.39. The second-order valence-electron chi connectivity index (χ2n) is 6.40. The van der Waals surface area contributed by atoms with Crippen LogP contribution in [0.2, 0.25) is 0 Å². The van der Waals surface area contributed by atoms with Gasteiger partial charge in [-0.2, -0.15) is 8.78 Å². The van der Waals surface area contributed by atoms with Crippen molar-refractivity contribution in [1.82, 2.24) is 14.9 Å². The number of ether oxygens (including phenoxy) is 1. The molecule has 0 aliphatic rings. The Bertz CT molecular complexity index is 1040. The highest BCUT2D eigenvalue weighted by molar-refractivity contribution is 7.99. The topological polar surface area (TPSA) is 85.2 Å². The first kappa shape index (κ1) is 22.3. The largest absolute Gasteiger partial charge is 0.434 e. The molecule has 0 saturated heterocycles. The SMILES string of the molecule is Cn1ccnc1SCC(=O)Nc1ccc(C(=O)NCc2ccccc2OC(F)F)cc1. The monoisotopic (exact) mass is 446 g/mol. The van der Waals surface area contributed by atoms with Crippen molar-refractivity contribution in [2.75, 3.05) is 11.1 Å². The van der Waals surface area contributed by atoms with Crippen LogP contribution in [-0.4, -0.2) is 33.7 Å². The number of aromatic nitrogens is 2. The third kappa shape index (κ3) is 6.54. The number of nitrogens with zero attached hydrogens (tertiary/aromatic N) is 2. The van der Waals surface area contributed by atoms with Crippen molar-refractivity contribution >= 4 is 29.3 Å². The predicted molar refractivity (Wildman–Crippen MR) is 113 cm³/mol. The van der Waals surface area contributed by atoms with E-state index in [0.717, 1.165) is 5.16 Å². The van der Waals surface area contributed by atoms with E-state index in [0.29, 0.717) is 16.8 Å². The third-order valence-electron chi connectivity index (χ3n) is 4.17. The summed E-state index contributed by atoms with van der Waals surface area (Å²) in [7, 11) is 1.85. The third-order valence-corrected chi connectivity index (χ3v) is 5.23. The van der Waals surface area contributed by atoms with Gasteiger partial charge in [-0.25, -0.2) is 4.98 Å². The maximum Gasteiger partial charge on any atom is 0.387 e. The number of anilines is 1. The number of halogens is 2. The number of hydrogen-bond acceptors (Lipinski definition) is 5.